The van der Waals surface area contributed by atoms with Gasteiger partial charge < -0.3 is 9.88 Å². The van der Waals surface area contributed by atoms with E-state index in [0.717, 1.165) is 32.7 Å². The van der Waals surface area contributed by atoms with Crippen LogP contribution in [0.15, 0.2) is 42.5 Å². The van der Waals surface area contributed by atoms with Crippen molar-refractivity contribution in [3.05, 3.63) is 48.0 Å². The molecule has 2 heterocycles. The van der Waals surface area contributed by atoms with Gasteiger partial charge in [-0.3, -0.25) is 4.90 Å². The van der Waals surface area contributed by atoms with E-state index in [1.165, 1.54) is 33.8 Å². The lowest BCUT2D eigenvalue weighted by molar-refractivity contribution is 0.128. The fraction of sp³-hybridized carbons (Fsp3) is 0.478. The third-order valence-electron chi connectivity index (χ3n) is 6.18. The molecule has 1 aliphatic rings. The second-order valence-electron chi connectivity index (χ2n) is 7.65. The Labute approximate surface area is 157 Å². The van der Waals surface area contributed by atoms with E-state index in [2.05, 4.69) is 78.0 Å². The minimum atomic E-state index is 0.509. The van der Waals surface area contributed by atoms with Crippen molar-refractivity contribution in [3.63, 3.8) is 0 Å². The van der Waals surface area contributed by atoms with Gasteiger partial charge in [0.2, 0.25) is 0 Å². The number of piperazine rings is 1. The Morgan fingerprint density at radius 2 is 1.69 bits per heavy atom. The summed E-state index contributed by atoms with van der Waals surface area (Å²) in [6, 6.07) is 16.6. The van der Waals surface area contributed by atoms with E-state index in [0.29, 0.717) is 12.0 Å². The number of fused-ring (bicyclic) bond motifs is 3. The third kappa shape index (κ3) is 2.93. The van der Waals surface area contributed by atoms with E-state index >= 15 is 0 Å². The summed E-state index contributed by atoms with van der Waals surface area (Å²) >= 11 is 0. The molecule has 1 unspecified atom stereocenters. The number of nitrogens with zero attached hydrogens (tertiary/aromatic N) is 2. The first-order chi connectivity index (χ1) is 12.7. The highest BCUT2D eigenvalue weighted by Crippen LogP contribution is 2.36. The molecule has 1 fully saturated rings. The maximum atomic E-state index is 3.50. The predicted octanol–water partition coefficient (Wildman–Crippen LogP) is 4.81. The smallest absolute Gasteiger partial charge is 0.0491 e. The van der Waals surface area contributed by atoms with E-state index in [-0.39, 0.29) is 0 Å². The minimum absolute atomic E-state index is 0.509. The van der Waals surface area contributed by atoms with Crippen LogP contribution in [0.3, 0.4) is 0 Å². The van der Waals surface area contributed by atoms with Crippen LogP contribution in [0.1, 0.15) is 38.8 Å². The van der Waals surface area contributed by atoms with Crippen LogP contribution in [-0.2, 0) is 6.54 Å². The number of aryl methyl sites for hydroxylation is 1. The van der Waals surface area contributed by atoms with Crippen LogP contribution < -0.4 is 5.32 Å². The molecule has 0 amide bonds. The molecule has 4 rings (SSSR count). The number of benzene rings is 2. The van der Waals surface area contributed by atoms with Crippen molar-refractivity contribution in [3.8, 4) is 0 Å². The fourth-order valence-electron chi connectivity index (χ4n) is 4.68. The summed E-state index contributed by atoms with van der Waals surface area (Å²) in [5, 5.41) is 6.29. The lowest BCUT2D eigenvalue weighted by atomic mass is 9.89. The van der Waals surface area contributed by atoms with Crippen molar-refractivity contribution in [1.82, 2.24) is 14.8 Å². The maximum Gasteiger partial charge on any atom is 0.0491 e. The van der Waals surface area contributed by atoms with Crippen LogP contribution in [0.4, 0.5) is 0 Å². The van der Waals surface area contributed by atoms with Crippen LogP contribution in [0.25, 0.3) is 21.8 Å². The summed E-state index contributed by atoms with van der Waals surface area (Å²) in [7, 11) is 0. The molecule has 0 spiro atoms. The van der Waals surface area contributed by atoms with E-state index in [9.17, 15) is 0 Å². The van der Waals surface area contributed by atoms with Crippen LogP contribution in [0.2, 0.25) is 0 Å². The van der Waals surface area contributed by atoms with Crippen molar-refractivity contribution in [2.24, 2.45) is 5.92 Å². The van der Waals surface area contributed by atoms with Gasteiger partial charge in [-0.15, -0.1) is 0 Å². The Hall–Kier alpha value is -1.84. The Morgan fingerprint density at radius 3 is 2.42 bits per heavy atom. The highest BCUT2D eigenvalue weighted by atomic mass is 15.2. The second-order valence-corrected chi connectivity index (χ2v) is 7.65. The second kappa shape index (κ2) is 7.42. The Balaban J connectivity index is 1.85. The van der Waals surface area contributed by atoms with Crippen LogP contribution >= 0.6 is 0 Å². The molecule has 1 aromatic heterocycles. The molecule has 0 saturated carbocycles. The monoisotopic (exact) mass is 349 g/mol. The van der Waals surface area contributed by atoms with Gasteiger partial charge in [0.15, 0.2) is 0 Å². The quantitative estimate of drug-likeness (QED) is 0.713. The molecule has 1 N–H and O–H groups in total. The van der Waals surface area contributed by atoms with Gasteiger partial charge in [0.25, 0.3) is 0 Å². The van der Waals surface area contributed by atoms with E-state index in [4.69, 9.17) is 0 Å². The van der Waals surface area contributed by atoms with Gasteiger partial charge >= 0.3 is 0 Å². The summed E-state index contributed by atoms with van der Waals surface area (Å²) in [6.07, 6.45) is 1.21. The molecule has 3 aromatic rings. The zero-order valence-electron chi connectivity index (χ0n) is 16.3. The predicted molar refractivity (Wildman–Crippen MR) is 112 cm³/mol. The molecule has 1 saturated heterocycles. The van der Waals surface area contributed by atoms with Gasteiger partial charge in [0.05, 0.1) is 0 Å². The summed E-state index contributed by atoms with van der Waals surface area (Å²) in [5.41, 5.74) is 4.19. The summed E-state index contributed by atoms with van der Waals surface area (Å²) in [4.78, 5) is 2.69. The van der Waals surface area contributed by atoms with Gasteiger partial charge in [-0.25, -0.2) is 0 Å². The summed E-state index contributed by atoms with van der Waals surface area (Å²) in [5.74, 6) is 0.657. The SMILES string of the molecule is CCC(C)[C@@H](c1ccc2c(c1)c1ccccc1n2CC)N1CCNCC1. The molecule has 2 aromatic carbocycles. The number of para-hydroxylation sites is 1. The normalized spacial score (nSPS) is 18.4. The molecule has 2 atom stereocenters. The first kappa shape index (κ1) is 17.6. The molecule has 3 heteroatoms. The Morgan fingerprint density at radius 1 is 0.962 bits per heavy atom. The summed E-state index contributed by atoms with van der Waals surface area (Å²) < 4.78 is 2.44. The molecular formula is C23H31N3. The molecule has 0 aliphatic carbocycles. The molecule has 138 valence electrons. The number of aromatic nitrogens is 1. The average Bonchev–Trinajstić information content (AvgIpc) is 3.02. The molecule has 0 radical (unpaired) electrons. The van der Waals surface area contributed by atoms with E-state index in [1.54, 1.807) is 0 Å². The molecule has 0 bridgehead atoms. The zero-order chi connectivity index (χ0) is 18.1. The van der Waals surface area contributed by atoms with Gasteiger partial charge in [-0.1, -0.05) is 44.5 Å². The van der Waals surface area contributed by atoms with Crippen molar-refractivity contribution in [1.29, 1.82) is 0 Å². The Kier molecular flexibility index (Phi) is 5.01. The first-order valence-electron chi connectivity index (χ1n) is 10.2. The van der Waals surface area contributed by atoms with Crippen molar-refractivity contribution in [2.45, 2.75) is 39.8 Å². The number of nitrogens with one attached hydrogen (secondary N) is 1. The Bertz CT molecular complexity index is 889. The maximum absolute atomic E-state index is 3.50. The molecular weight excluding hydrogens is 318 g/mol. The van der Waals surface area contributed by atoms with Crippen molar-refractivity contribution >= 4 is 21.8 Å². The lowest BCUT2D eigenvalue weighted by Gasteiger charge is -2.38. The zero-order valence-corrected chi connectivity index (χ0v) is 16.3. The number of hydrogen-bond donors (Lipinski definition) is 1. The average molecular weight is 350 g/mol. The van der Waals surface area contributed by atoms with Gasteiger partial charge in [-0.2, -0.15) is 0 Å². The number of rotatable bonds is 5. The third-order valence-corrected chi connectivity index (χ3v) is 6.18. The van der Waals surface area contributed by atoms with Gasteiger partial charge in [0.1, 0.15) is 0 Å². The van der Waals surface area contributed by atoms with Crippen molar-refractivity contribution in [2.75, 3.05) is 26.2 Å². The van der Waals surface area contributed by atoms with Gasteiger partial charge in [0, 0.05) is 60.6 Å². The van der Waals surface area contributed by atoms with E-state index in [1.807, 2.05) is 0 Å². The highest BCUT2D eigenvalue weighted by molar-refractivity contribution is 6.08. The summed E-state index contributed by atoms with van der Waals surface area (Å²) in [6.45, 7) is 12.5. The lowest BCUT2D eigenvalue weighted by Crippen LogP contribution is -2.46. The van der Waals surface area contributed by atoms with Crippen LogP contribution in [0, 0.1) is 5.92 Å². The fourth-order valence-corrected chi connectivity index (χ4v) is 4.68. The largest absolute Gasteiger partial charge is 0.341 e. The van der Waals surface area contributed by atoms with Gasteiger partial charge in [-0.05, 0) is 36.6 Å². The van der Waals surface area contributed by atoms with Crippen LogP contribution in [0.5, 0.6) is 0 Å². The topological polar surface area (TPSA) is 20.2 Å². The molecule has 1 aliphatic heterocycles. The standard InChI is InChI=1S/C23H31N3/c1-4-17(3)23(25-14-12-24-13-15-25)18-10-11-22-20(16-18)19-8-6-7-9-21(19)26(22)5-2/h6-11,16-17,23-24H,4-5,12-15H2,1-3H3/t17?,23-/m0/s1. The first-order valence-corrected chi connectivity index (χ1v) is 10.2. The highest BCUT2D eigenvalue weighted by Gasteiger charge is 2.27. The van der Waals surface area contributed by atoms with Crippen LogP contribution in [-0.4, -0.2) is 35.6 Å². The van der Waals surface area contributed by atoms with E-state index < -0.39 is 0 Å². The number of hydrogen-bond acceptors (Lipinski definition) is 2. The minimum Gasteiger partial charge on any atom is -0.341 e. The molecule has 3 nitrogen and oxygen atoms in total. The molecule has 26 heavy (non-hydrogen) atoms. The van der Waals surface area contributed by atoms with Crippen molar-refractivity contribution < 1.29 is 0 Å².